The van der Waals surface area contributed by atoms with Crippen LogP contribution in [0, 0.1) is 12.3 Å². The highest BCUT2D eigenvalue weighted by molar-refractivity contribution is 6.10. The number of hydrogen-bond donors (Lipinski definition) is 0. The van der Waals surface area contributed by atoms with Crippen LogP contribution < -0.4 is 5.43 Å². The number of nitrogens with zero attached hydrogens (tertiary/aromatic N) is 2. The molecule has 4 nitrogen and oxygen atoms in total. The number of carbonyl (C=O) groups is 1. The van der Waals surface area contributed by atoms with E-state index in [0.29, 0.717) is 23.3 Å². The van der Waals surface area contributed by atoms with E-state index in [1.54, 1.807) is 24.4 Å². The maximum Gasteiger partial charge on any atom is 0.268 e. The normalized spacial score (nSPS) is 12.2. The van der Waals surface area contributed by atoms with Crippen LogP contribution in [-0.2, 0) is 6.54 Å². The van der Waals surface area contributed by atoms with E-state index < -0.39 is 0 Å². The molecule has 3 aromatic rings. The maximum atomic E-state index is 12.7. The average molecular weight is 274 g/mol. The fourth-order valence-corrected chi connectivity index (χ4v) is 2.99. The number of carbonyl (C=O) groups excluding carboxylic acids is 1. The van der Waals surface area contributed by atoms with Crippen molar-refractivity contribution in [2.75, 3.05) is 0 Å². The zero-order chi connectivity index (χ0) is 14.6. The maximum absolute atomic E-state index is 12.7. The van der Waals surface area contributed by atoms with Crippen molar-refractivity contribution in [3.63, 3.8) is 0 Å². The van der Waals surface area contributed by atoms with E-state index in [1.165, 1.54) is 4.57 Å². The van der Waals surface area contributed by atoms with E-state index in [9.17, 15) is 9.59 Å². The Labute approximate surface area is 120 Å². The monoisotopic (exact) mass is 274 g/mol. The molecular weight excluding hydrogens is 264 g/mol. The fourth-order valence-electron chi connectivity index (χ4n) is 2.99. The van der Waals surface area contributed by atoms with Crippen LogP contribution in [0.25, 0.3) is 22.3 Å². The Hall–Kier alpha value is -3.06. The van der Waals surface area contributed by atoms with Crippen LogP contribution in [0.5, 0.6) is 0 Å². The lowest BCUT2D eigenvalue weighted by molar-refractivity contribution is 0.0968. The van der Waals surface area contributed by atoms with E-state index in [1.807, 2.05) is 22.8 Å². The molecule has 0 spiro atoms. The minimum atomic E-state index is -0.286. The molecule has 100 valence electrons. The van der Waals surface area contributed by atoms with Crippen LogP contribution in [-0.4, -0.2) is 15.0 Å². The molecule has 0 bridgehead atoms. The van der Waals surface area contributed by atoms with Crippen LogP contribution in [0.15, 0.2) is 47.4 Å². The summed E-state index contributed by atoms with van der Waals surface area (Å²) in [6, 6.07) is 10.8. The first kappa shape index (κ1) is 11.7. The number of hydrogen-bond acceptors (Lipinski definition) is 2. The summed E-state index contributed by atoms with van der Waals surface area (Å²) >= 11 is 0. The van der Waals surface area contributed by atoms with Crippen LogP contribution >= 0.6 is 0 Å². The molecule has 0 saturated carbocycles. The molecule has 1 aliphatic rings. The van der Waals surface area contributed by atoms with Crippen molar-refractivity contribution in [2.45, 2.75) is 6.54 Å². The molecule has 0 fully saturated rings. The van der Waals surface area contributed by atoms with E-state index in [-0.39, 0.29) is 16.9 Å². The molecule has 0 amide bonds. The minimum absolute atomic E-state index is 0.208. The van der Waals surface area contributed by atoms with Crippen molar-refractivity contribution in [3.05, 3.63) is 58.4 Å². The molecule has 0 atom stereocenters. The molecule has 4 rings (SSSR count). The van der Waals surface area contributed by atoms with Gasteiger partial charge in [-0.3, -0.25) is 14.2 Å². The topological polar surface area (TPSA) is 44.0 Å². The molecular formula is C17H10N2O2. The van der Waals surface area contributed by atoms with Crippen LogP contribution in [0.4, 0.5) is 0 Å². The SMILES string of the molecule is C#CCn1c2c(c(=O)c3ccccc31)C(=O)n1cccc1-2. The molecule has 0 radical (unpaired) electrons. The quantitative estimate of drug-likeness (QED) is 0.499. The number of benzene rings is 1. The van der Waals surface area contributed by atoms with Gasteiger partial charge < -0.3 is 4.57 Å². The third-order valence-corrected chi connectivity index (χ3v) is 3.85. The van der Waals surface area contributed by atoms with Gasteiger partial charge in [-0.25, -0.2) is 0 Å². The molecule has 0 N–H and O–H groups in total. The summed E-state index contributed by atoms with van der Waals surface area (Å²) in [7, 11) is 0. The summed E-state index contributed by atoms with van der Waals surface area (Å²) in [6.07, 6.45) is 7.14. The number of aromatic nitrogens is 2. The standard InChI is InChI=1S/C17H10N2O2/c1-2-9-18-12-7-4-3-6-11(12)16(20)14-15(18)13-8-5-10-19(13)17(14)21/h1,3-8,10H,9H2. The van der Waals surface area contributed by atoms with Gasteiger partial charge in [-0.2, -0.15) is 0 Å². The number of rotatable bonds is 1. The van der Waals surface area contributed by atoms with Gasteiger partial charge in [0.1, 0.15) is 5.56 Å². The highest BCUT2D eigenvalue weighted by Gasteiger charge is 2.32. The van der Waals surface area contributed by atoms with Crippen LogP contribution in [0.1, 0.15) is 10.4 Å². The van der Waals surface area contributed by atoms with Crippen LogP contribution in [0.3, 0.4) is 0 Å². The average Bonchev–Trinajstić information content (AvgIpc) is 3.07. The molecule has 0 saturated heterocycles. The van der Waals surface area contributed by atoms with Gasteiger partial charge in [0, 0.05) is 11.6 Å². The third kappa shape index (κ3) is 1.35. The molecule has 3 heterocycles. The molecule has 0 unspecified atom stereocenters. The first-order valence-electron chi connectivity index (χ1n) is 6.55. The third-order valence-electron chi connectivity index (χ3n) is 3.85. The van der Waals surface area contributed by atoms with E-state index in [0.717, 1.165) is 5.52 Å². The summed E-state index contributed by atoms with van der Waals surface area (Å²) in [5.41, 5.74) is 2.06. The van der Waals surface area contributed by atoms with Crippen molar-refractivity contribution in [1.82, 2.24) is 9.13 Å². The number of pyridine rings is 1. The Morgan fingerprint density at radius 3 is 2.71 bits per heavy atom. The van der Waals surface area contributed by atoms with Gasteiger partial charge in [-0.1, -0.05) is 18.1 Å². The second-order valence-electron chi connectivity index (χ2n) is 4.93. The summed E-state index contributed by atoms with van der Waals surface area (Å²) < 4.78 is 3.36. The minimum Gasteiger partial charge on any atom is -0.327 e. The zero-order valence-corrected chi connectivity index (χ0v) is 11.0. The Balaban J connectivity index is 2.28. The van der Waals surface area contributed by atoms with E-state index in [2.05, 4.69) is 5.92 Å². The van der Waals surface area contributed by atoms with Gasteiger partial charge >= 0.3 is 0 Å². The molecule has 0 aliphatic carbocycles. The lowest BCUT2D eigenvalue weighted by atomic mass is 10.1. The first-order chi connectivity index (χ1) is 10.2. The highest BCUT2D eigenvalue weighted by atomic mass is 16.2. The van der Waals surface area contributed by atoms with Crippen molar-refractivity contribution in [1.29, 1.82) is 0 Å². The van der Waals surface area contributed by atoms with Crippen molar-refractivity contribution < 1.29 is 4.79 Å². The zero-order valence-electron chi connectivity index (χ0n) is 11.0. The van der Waals surface area contributed by atoms with Crippen molar-refractivity contribution >= 4 is 16.8 Å². The predicted molar refractivity (Wildman–Crippen MR) is 80.2 cm³/mol. The van der Waals surface area contributed by atoms with Gasteiger partial charge in [0.25, 0.3) is 5.91 Å². The van der Waals surface area contributed by atoms with Gasteiger partial charge in [-0.15, -0.1) is 6.42 Å². The summed E-state index contributed by atoms with van der Waals surface area (Å²) in [6.45, 7) is 0.307. The molecule has 1 aromatic carbocycles. The molecule has 4 heteroatoms. The van der Waals surface area contributed by atoms with Gasteiger partial charge in [-0.05, 0) is 24.3 Å². The number of para-hydroxylation sites is 1. The van der Waals surface area contributed by atoms with Gasteiger partial charge in [0.05, 0.1) is 23.4 Å². The molecule has 21 heavy (non-hydrogen) atoms. The van der Waals surface area contributed by atoms with Gasteiger partial charge in [0.2, 0.25) is 5.43 Å². The molecule has 2 aromatic heterocycles. The lowest BCUT2D eigenvalue weighted by Gasteiger charge is -2.13. The van der Waals surface area contributed by atoms with Crippen LogP contribution in [0.2, 0.25) is 0 Å². The van der Waals surface area contributed by atoms with Crippen molar-refractivity contribution in [3.8, 4) is 23.7 Å². The Bertz CT molecular complexity index is 1020. The van der Waals surface area contributed by atoms with Crippen molar-refractivity contribution in [2.24, 2.45) is 0 Å². The van der Waals surface area contributed by atoms with Gasteiger partial charge in [0.15, 0.2) is 0 Å². The summed E-state index contributed by atoms with van der Waals surface area (Å²) in [4.78, 5) is 25.1. The first-order valence-corrected chi connectivity index (χ1v) is 6.55. The summed E-state index contributed by atoms with van der Waals surface area (Å²) in [5.74, 6) is 2.32. The second kappa shape index (κ2) is 3.97. The number of fused-ring (bicyclic) bond motifs is 4. The Kier molecular flexibility index (Phi) is 2.22. The lowest BCUT2D eigenvalue weighted by Crippen LogP contribution is -2.19. The Morgan fingerprint density at radius 2 is 1.90 bits per heavy atom. The summed E-state index contributed by atoms with van der Waals surface area (Å²) in [5, 5.41) is 0.519. The highest BCUT2D eigenvalue weighted by Crippen LogP contribution is 2.32. The molecule has 1 aliphatic heterocycles. The Morgan fingerprint density at radius 1 is 1.10 bits per heavy atom. The predicted octanol–water partition coefficient (Wildman–Crippen LogP) is 2.11. The van der Waals surface area contributed by atoms with E-state index in [4.69, 9.17) is 6.42 Å². The smallest absolute Gasteiger partial charge is 0.268 e. The largest absolute Gasteiger partial charge is 0.327 e. The second-order valence-corrected chi connectivity index (χ2v) is 4.93. The fraction of sp³-hybridized carbons (Fsp3) is 0.0588. The van der Waals surface area contributed by atoms with E-state index >= 15 is 0 Å². The number of terminal acetylenes is 1.